The lowest BCUT2D eigenvalue weighted by molar-refractivity contribution is 0.102. The Bertz CT molecular complexity index is 670. The van der Waals surface area contributed by atoms with Crippen molar-refractivity contribution in [3.63, 3.8) is 0 Å². The quantitative estimate of drug-likeness (QED) is 0.718. The molecule has 0 atom stereocenters. The molecule has 2 rings (SSSR count). The van der Waals surface area contributed by atoms with Crippen molar-refractivity contribution in [3.05, 3.63) is 61.9 Å². The number of carbonyl (C=O) groups excluding carboxylic acids is 1. The molecule has 0 unspecified atom stereocenters. The summed E-state index contributed by atoms with van der Waals surface area (Å²) in [5.74, 6) is -4.18. The second-order valence-corrected chi connectivity index (χ2v) is 5.40. The Morgan fingerprint density at radius 3 is 2.25 bits per heavy atom. The summed E-state index contributed by atoms with van der Waals surface area (Å²) in [4.78, 5) is 11.9. The molecule has 0 aliphatic rings. The minimum Gasteiger partial charge on any atom is -0.317 e. The number of halogens is 5. The van der Waals surface area contributed by atoms with Gasteiger partial charge in [0.2, 0.25) is 0 Å². The van der Waals surface area contributed by atoms with Crippen molar-refractivity contribution in [1.82, 2.24) is 0 Å². The van der Waals surface area contributed by atoms with E-state index >= 15 is 0 Å². The number of amides is 1. The number of carbonyl (C=O) groups is 1. The van der Waals surface area contributed by atoms with E-state index in [4.69, 9.17) is 11.6 Å². The Morgan fingerprint density at radius 1 is 1.10 bits per heavy atom. The van der Waals surface area contributed by atoms with Crippen LogP contribution in [0.15, 0.2) is 30.3 Å². The topological polar surface area (TPSA) is 29.1 Å². The van der Waals surface area contributed by atoms with E-state index < -0.39 is 29.0 Å². The largest absolute Gasteiger partial charge is 0.317 e. The zero-order valence-electron chi connectivity index (χ0n) is 9.68. The maximum absolute atomic E-state index is 13.4. The van der Waals surface area contributed by atoms with Gasteiger partial charge < -0.3 is 5.32 Å². The number of anilines is 1. The minimum atomic E-state index is -1.19. The van der Waals surface area contributed by atoms with Gasteiger partial charge >= 0.3 is 0 Å². The molecule has 1 N–H and O–H groups in total. The van der Waals surface area contributed by atoms with Crippen LogP contribution in [0.2, 0.25) is 5.02 Å². The first-order valence-electron chi connectivity index (χ1n) is 5.29. The van der Waals surface area contributed by atoms with Gasteiger partial charge in [0, 0.05) is 21.3 Å². The van der Waals surface area contributed by atoms with E-state index in [1.54, 1.807) is 6.07 Å². The molecule has 0 saturated carbocycles. The summed E-state index contributed by atoms with van der Waals surface area (Å²) in [5, 5.41) is 2.40. The number of rotatable bonds is 2. The van der Waals surface area contributed by atoms with Crippen LogP contribution in [0.25, 0.3) is 0 Å². The molecule has 0 fully saturated rings. The van der Waals surface area contributed by atoms with Gasteiger partial charge in [-0.2, -0.15) is 0 Å². The smallest absolute Gasteiger partial charge is 0.255 e. The van der Waals surface area contributed by atoms with E-state index in [2.05, 4.69) is 5.32 Å². The molecular formula is C13H6ClF3INO. The molecule has 0 radical (unpaired) electrons. The van der Waals surface area contributed by atoms with Gasteiger partial charge in [0.05, 0.1) is 5.02 Å². The molecule has 2 aromatic carbocycles. The SMILES string of the molecule is O=C(Nc1c(F)cc(F)cc1F)c1ccc(I)c(Cl)c1. The van der Waals surface area contributed by atoms with Crippen LogP contribution in [0.1, 0.15) is 10.4 Å². The lowest BCUT2D eigenvalue weighted by atomic mass is 10.2. The molecule has 7 heteroatoms. The lowest BCUT2D eigenvalue weighted by Gasteiger charge is -2.08. The first-order chi connectivity index (χ1) is 9.38. The fourth-order valence-corrected chi connectivity index (χ4v) is 2.00. The monoisotopic (exact) mass is 411 g/mol. The van der Waals surface area contributed by atoms with Gasteiger partial charge in [-0.25, -0.2) is 13.2 Å². The molecule has 104 valence electrons. The van der Waals surface area contributed by atoms with Gasteiger partial charge in [-0.15, -0.1) is 0 Å². The van der Waals surface area contributed by atoms with Crippen molar-refractivity contribution in [2.24, 2.45) is 0 Å². The second-order valence-electron chi connectivity index (χ2n) is 3.83. The van der Waals surface area contributed by atoms with Crippen LogP contribution >= 0.6 is 34.2 Å². The number of benzene rings is 2. The molecule has 0 saturated heterocycles. The van der Waals surface area contributed by atoms with Gasteiger partial charge in [0.1, 0.15) is 11.5 Å². The van der Waals surface area contributed by atoms with E-state index in [0.717, 1.165) is 3.57 Å². The van der Waals surface area contributed by atoms with E-state index in [0.29, 0.717) is 17.2 Å². The van der Waals surface area contributed by atoms with Crippen LogP contribution < -0.4 is 5.32 Å². The van der Waals surface area contributed by atoms with Crippen molar-refractivity contribution >= 4 is 45.8 Å². The van der Waals surface area contributed by atoms with Crippen molar-refractivity contribution in [2.75, 3.05) is 5.32 Å². The van der Waals surface area contributed by atoms with E-state index in [1.807, 2.05) is 22.6 Å². The maximum Gasteiger partial charge on any atom is 0.255 e. The number of hydrogen-bond acceptors (Lipinski definition) is 1. The summed E-state index contributed by atoms with van der Waals surface area (Å²) >= 11 is 7.84. The van der Waals surface area contributed by atoms with Gasteiger partial charge in [-0.1, -0.05) is 11.6 Å². The highest BCUT2D eigenvalue weighted by Crippen LogP contribution is 2.23. The fraction of sp³-hybridized carbons (Fsp3) is 0. The summed E-state index contributed by atoms with van der Waals surface area (Å²) in [6, 6.07) is 5.40. The summed E-state index contributed by atoms with van der Waals surface area (Å²) in [6.45, 7) is 0. The highest BCUT2D eigenvalue weighted by molar-refractivity contribution is 14.1. The van der Waals surface area contributed by atoms with Crippen molar-refractivity contribution in [1.29, 1.82) is 0 Å². The van der Waals surface area contributed by atoms with Crippen molar-refractivity contribution in [2.45, 2.75) is 0 Å². The Balaban J connectivity index is 2.30. The molecule has 0 bridgehead atoms. The van der Waals surface area contributed by atoms with Gasteiger partial charge in [0.15, 0.2) is 11.6 Å². The fourth-order valence-electron chi connectivity index (χ4n) is 1.48. The average Bonchev–Trinajstić information content (AvgIpc) is 2.36. The molecule has 0 aromatic heterocycles. The van der Waals surface area contributed by atoms with Crippen LogP contribution in [0.5, 0.6) is 0 Å². The zero-order valence-corrected chi connectivity index (χ0v) is 12.6. The average molecular weight is 412 g/mol. The van der Waals surface area contributed by atoms with Crippen LogP contribution in [-0.2, 0) is 0 Å². The Hall–Kier alpha value is -1.28. The summed E-state index contributed by atoms with van der Waals surface area (Å²) in [6.07, 6.45) is 0. The van der Waals surface area contributed by atoms with Gasteiger partial charge in [-0.05, 0) is 40.8 Å². The standard InChI is InChI=1S/C13H6ClF3INO/c14-8-3-6(1-2-11(8)18)13(20)19-12-9(16)4-7(15)5-10(12)17/h1-5H,(H,19,20). The number of hydrogen-bond donors (Lipinski definition) is 1. The molecule has 1 amide bonds. The lowest BCUT2D eigenvalue weighted by Crippen LogP contribution is -2.14. The predicted octanol–water partition coefficient (Wildman–Crippen LogP) is 4.61. The van der Waals surface area contributed by atoms with Crippen molar-refractivity contribution < 1.29 is 18.0 Å². The molecule has 0 aliphatic carbocycles. The molecular weight excluding hydrogens is 406 g/mol. The third kappa shape index (κ3) is 3.24. The van der Waals surface area contributed by atoms with Crippen LogP contribution in [0.3, 0.4) is 0 Å². The molecule has 20 heavy (non-hydrogen) atoms. The first kappa shape index (κ1) is 15.1. The van der Waals surface area contributed by atoms with Crippen LogP contribution in [0.4, 0.5) is 18.9 Å². The van der Waals surface area contributed by atoms with Gasteiger partial charge in [-0.3, -0.25) is 4.79 Å². The number of nitrogens with one attached hydrogen (secondary N) is 1. The molecule has 0 aliphatic heterocycles. The Labute approximate surface area is 131 Å². The molecule has 0 heterocycles. The summed E-state index contributed by atoms with van der Waals surface area (Å²) < 4.78 is 40.3. The normalized spacial score (nSPS) is 10.4. The third-order valence-corrected chi connectivity index (χ3v) is 4.00. The molecule has 2 nitrogen and oxygen atoms in total. The second kappa shape index (κ2) is 6.01. The van der Waals surface area contributed by atoms with Gasteiger partial charge in [0.25, 0.3) is 5.91 Å². The predicted molar refractivity (Wildman–Crippen MR) is 78.4 cm³/mol. The maximum atomic E-state index is 13.4. The summed E-state index contributed by atoms with van der Waals surface area (Å²) in [7, 11) is 0. The Morgan fingerprint density at radius 2 is 1.70 bits per heavy atom. The van der Waals surface area contributed by atoms with E-state index in [9.17, 15) is 18.0 Å². The highest BCUT2D eigenvalue weighted by atomic mass is 127. The van der Waals surface area contributed by atoms with E-state index in [1.165, 1.54) is 12.1 Å². The van der Waals surface area contributed by atoms with E-state index in [-0.39, 0.29) is 5.56 Å². The van der Waals surface area contributed by atoms with Crippen LogP contribution in [-0.4, -0.2) is 5.91 Å². The van der Waals surface area contributed by atoms with Crippen LogP contribution in [0, 0.1) is 21.0 Å². The third-order valence-electron chi connectivity index (χ3n) is 2.43. The molecule has 0 spiro atoms. The molecule has 2 aromatic rings. The van der Waals surface area contributed by atoms with Crippen molar-refractivity contribution in [3.8, 4) is 0 Å². The first-order valence-corrected chi connectivity index (χ1v) is 6.75. The highest BCUT2D eigenvalue weighted by Gasteiger charge is 2.16. The zero-order chi connectivity index (χ0) is 14.9. The Kier molecular flexibility index (Phi) is 4.54. The minimum absolute atomic E-state index is 0.138. The summed E-state index contributed by atoms with van der Waals surface area (Å²) in [5.41, 5.74) is -0.565.